The molecule has 1 aromatic carbocycles. The van der Waals surface area contributed by atoms with Gasteiger partial charge in [0.15, 0.2) is 0 Å². The van der Waals surface area contributed by atoms with Gasteiger partial charge in [-0.05, 0) is 25.6 Å². The van der Waals surface area contributed by atoms with E-state index >= 15 is 0 Å². The highest BCUT2D eigenvalue weighted by molar-refractivity contribution is 5.77. The Labute approximate surface area is 120 Å². The number of nitrogens with one attached hydrogen (secondary N) is 2. The van der Waals surface area contributed by atoms with E-state index in [9.17, 15) is 9.18 Å². The van der Waals surface area contributed by atoms with Crippen molar-refractivity contribution in [2.24, 2.45) is 0 Å². The van der Waals surface area contributed by atoms with Crippen LogP contribution in [0.3, 0.4) is 0 Å². The number of hydrogen-bond donors (Lipinski definition) is 2. The Bertz CT molecular complexity index is 389. The first kappa shape index (κ1) is 18.4. The van der Waals surface area contributed by atoms with Crippen LogP contribution in [-0.4, -0.2) is 26.6 Å². The van der Waals surface area contributed by atoms with Gasteiger partial charge in [0.25, 0.3) is 0 Å². The van der Waals surface area contributed by atoms with Crippen LogP contribution in [0.1, 0.15) is 32.3 Å². The Balaban J connectivity index is 0.000000377. The number of rotatable bonds is 3. The molecule has 0 spiro atoms. The molecule has 0 radical (unpaired) electrons. The molecule has 0 atom stereocenters. The smallest absolute Gasteiger partial charge is 0.220 e. The zero-order valence-electron chi connectivity index (χ0n) is 12.8. The summed E-state index contributed by atoms with van der Waals surface area (Å²) in [7, 11) is 3.31. The van der Waals surface area contributed by atoms with Crippen molar-refractivity contribution < 1.29 is 13.9 Å². The van der Waals surface area contributed by atoms with Crippen LogP contribution in [0.15, 0.2) is 18.2 Å². The van der Waals surface area contributed by atoms with Crippen LogP contribution in [0.4, 0.5) is 4.39 Å². The van der Waals surface area contributed by atoms with Gasteiger partial charge < -0.3 is 15.4 Å². The molecule has 0 bridgehead atoms. The molecule has 0 unspecified atom stereocenters. The quantitative estimate of drug-likeness (QED) is 0.896. The van der Waals surface area contributed by atoms with Gasteiger partial charge in [-0.25, -0.2) is 4.39 Å². The van der Waals surface area contributed by atoms with Gasteiger partial charge in [0.1, 0.15) is 11.6 Å². The fourth-order valence-corrected chi connectivity index (χ4v) is 1.64. The lowest BCUT2D eigenvalue weighted by atomic mass is 10.2. The fourth-order valence-electron chi connectivity index (χ4n) is 1.64. The van der Waals surface area contributed by atoms with E-state index in [0.29, 0.717) is 17.9 Å². The normalized spacial score (nSPS) is 12.6. The number of benzene rings is 1. The average molecular weight is 284 g/mol. The Hall–Kier alpha value is -1.62. The van der Waals surface area contributed by atoms with E-state index in [-0.39, 0.29) is 11.7 Å². The maximum Gasteiger partial charge on any atom is 0.220 e. The molecule has 4 nitrogen and oxygen atoms in total. The minimum atomic E-state index is -0.233. The summed E-state index contributed by atoms with van der Waals surface area (Å²) >= 11 is 0. The van der Waals surface area contributed by atoms with Gasteiger partial charge in [0.05, 0.1) is 7.11 Å². The van der Waals surface area contributed by atoms with Crippen molar-refractivity contribution in [3.05, 3.63) is 29.6 Å². The maximum absolute atomic E-state index is 13.1. The molecule has 1 saturated heterocycles. The summed E-state index contributed by atoms with van der Waals surface area (Å²) in [4.78, 5) is 10.1. The highest BCUT2D eigenvalue weighted by Gasteiger charge is 2.06. The maximum atomic E-state index is 13.1. The molecule has 114 valence electrons. The van der Waals surface area contributed by atoms with E-state index in [4.69, 9.17) is 4.74 Å². The van der Waals surface area contributed by atoms with Crippen LogP contribution in [-0.2, 0) is 11.3 Å². The summed E-state index contributed by atoms with van der Waals surface area (Å²) in [5.41, 5.74) is 0.572. The third-order valence-electron chi connectivity index (χ3n) is 2.55. The molecular weight excluding hydrogens is 259 g/mol. The number of methoxy groups -OCH3 is 1. The fraction of sp³-hybridized carbons (Fsp3) is 0.533. The number of amides is 1. The van der Waals surface area contributed by atoms with Gasteiger partial charge in [-0.15, -0.1) is 0 Å². The van der Waals surface area contributed by atoms with E-state index in [1.807, 2.05) is 13.8 Å². The predicted octanol–water partition coefficient (Wildman–Crippen LogP) is 2.48. The first-order valence-electron chi connectivity index (χ1n) is 6.91. The van der Waals surface area contributed by atoms with Gasteiger partial charge in [-0.1, -0.05) is 19.9 Å². The largest absolute Gasteiger partial charge is 0.496 e. The summed E-state index contributed by atoms with van der Waals surface area (Å²) in [6.45, 7) is 5.37. The summed E-state index contributed by atoms with van der Waals surface area (Å²) in [6.07, 6.45) is 1.76. The number of hydrogen-bond acceptors (Lipinski definition) is 3. The molecule has 1 amide bonds. The Morgan fingerprint density at radius 1 is 1.40 bits per heavy atom. The second-order valence-electron chi connectivity index (χ2n) is 3.90. The number of halogens is 1. The molecule has 1 aliphatic heterocycles. The van der Waals surface area contributed by atoms with E-state index in [1.165, 1.54) is 13.2 Å². The van der Waals surface area contributed by atoms with Crippen LogP contribution < -0.4 is 15.4 Å². The molecule has 0 aliphatic carbocycles. The lowest BCUT2D eigenvalue weighted by Gasteiger charge is -2.07. The Kier molecular flexibility index (Phi) is 10.3. The van der Waals surface area contributed by atoms with Crippen LogP contribution in [0.5, 0.6) is 5.75 Å². The van der Waals surface area contributed by atoms with E-state index < -0.39 is 0 Å². The molecule has 1 fully saturated rings. The number of carbonyl (C=O) groups excluding carboxylic acids is 1. The summed E-state index contributed by atoms with van der Waals surface area (Å²) in [6, 6.07) is 4.80. The molecule has 0 aromatic heterocycles. The zero-order chi connectivity index (χ0) is 15.4. The van der Waals surface area contributed by atoms with Crippen molar-refractivity contribution in [1.82, 2.24) is 10.6 Å². The molecule has 1 aliphatic rings. The third-order valence-corrected chi connectivity index (χ3v) is 2.55. The first-order valence-corrected chi connectivity index (χ1v) is 6.91. The van der Waals surface area contributed by atoms with E-state index in [2.05, 4.69) is 10.6 Å². The molecular formula is C15H25FN2O2. The van der Waals surface area contributed by atoms with Gasteiger partial charge in [0.2, 0.25) is 5.91 Å². The van der Waals surface area contributed by atoms with Crippen molar-refractivity contribution in [1.29, 1.82) is 0 Å². The minimum absolute atomic E-state index is 0.204. The zero-order valence-corrected chi connectivity index (χ0v) is 12.8. The van der Waals surface area contributed by atoms with Crippen LogP contribution in [0.2, 0.25) is 0 Å². The van der Waals surface area contributed by atoms with E-state index in [0.717, 1.165) is 19.4 Å². The Morgan fingerprint density at radius 3 is 2.50 bits per heavy atom. The SMILES string of the molecule is CC.CNCc1c(F)cccc1OC.O=C1CCCN1. The van der Waals surface area contributed by atoms with Gasteiger partial charge in [0, 0.05) is 25.1 Å². The molecule has 2 N–H and O–H groups in total. The number of ether oxygens (including phenoxy) is 1. The lowest BCUT2D eigenvalue weighted by Crippen LogP contribution is -2.12. The molecule has 0 saturated carbocycles. The van der Waals surface area contributed by atoms with Crippen LogP contribution >= 0.6 is 0 Å². The van der Waals surface area contributed by atoms with Gasteiger partial charge >= 0.3 is 0 Å². The molecule has 5 heteroatoms. The summed E-state index contributed by atoms with van der Waals surface area (Å²) in [5.74, 6) is 0.558. The van der Waals surface area contributed by atoms with Crippen molar-refractivity contribution in [3.8, 4) is 5.75 Å². The molecule has 20 heavy (non-hydrogen) atoms. The van der Waals surface area contributed by atoms with Gasteiger partial charge in [-0.2, -0.15) is 0 Å². The van der Waals surface area contributed by atoms with Gasteiger partial charge in [-0.3, -0.25) is 4.79 Å². The molecule has 2 rings (SSSR count). The lowest BCUT2D eigenvalue weighted by molar-refractivity contribution is -0.119. The van der Waals surface area contributed by atoms with Crippen molar-refractivity contribution in [2.45, 2.75) is 33.2 Å². The highest BCUT2D eigenvalue weighted by atomic mass is 19.1. The van der Waals surface area contributed by atoms with Crippen molar-refractivity contribution in [3.63, 3.8) is 0 Å². The molecule has 1 heterocycles. The van der Waals surface area contributed by atoms with E-state index in [1.54, 1.807) is 19.2 Å². The average Bonchev–Trinajstić information content (AvgIpc) is 2.95. The monoisotopic (exact) mass is 284 g/mol. The topological polar surface area (TPSA) is 50.4 Å². The standard InChI is InChI=1S/C9H12FNO.C4H7NO.C2H6/c1-11-6-7-8(10)4-3-5-9(7)12-2;6-4-2-1-3-5-4;1-2/h3-5,11H,6H2,1-2H3;1-3H2,(H,5,6);1-2H3. The molecule has 1 aromatic rings. The summed E-state index contributed by atoms with van der Waals surface area (Å²) in [5, 5.41) is 5.56. The number of carbonyl (C=O) groups is 1. The van der Waals surface area contributed by atoms with Crippen molar-refractivity contribution >= 4 is 5.91 Å². The Morgan fingerprint density at radius 2 is 2.10 bits per heavy atom. The van der Waals surface area contributed by atoms with Crippen LogP contribution in [0, 0.1) is 5.82 Å². The third kappa shape index (κ3) is 6.52. The predicted molar refractivity (Wildman–Crippen MR) is 79.3 cm³/mol. The van der Waals surface area contributed by atoms with Crippen molar-refractivity contribution in [2.75, 3.05) is 20.7 Å². The highest BCUT2D eigenvalue weighted by Crippen LogP contribution is 2.20. The minimum Gasteiger partial charge on any atom is -0.496 e. The second kappa shape index (κ2) is 11.2. The van der Waals surface area contributed by atoms with Crippen LogP contribution in [0.25, 0.3) is 0 Å². The second-order valence-corrected chi connectivity index (χ2v) is 3.90. The first-order chi connectivity index (χ1) is 9.69. The summed E-state index contributed by atoms with van der Waals surface area (Å²) < 4.78 is 18.1.